The molecule has 16 aromatic rings. The number of hydrogen-bond acceptors (Lipinski definition) is 25. The minimum Gasteiger partial charge on any atom is -0.417 e. The van der Waals surface area contributed by atoms with Crippen LogP contribution in [0.3, 0.4) is 0 Å². The quantitative estimate of drug-likeness (QED) is 0.133. The molecule has 8 heterocycles. The van der Waals surface area contributed by atoms with Gasteiger partial charge < -0.3 is 18.9 Å². The van der Waals surface area contributed by atoms with Gasteiger partial charge in [-0.15, -0.1) is 0 Å². The van der Waals surface area contributed by atoms with Gasteiger partial charge in [0, 0.05) is 0 Å². The first kappa shape index (κ1) is 59.6. The van der Waals surface area contributed by atoms with Crippen LogP contribution in [0.15, 0.2) is 244 Å². The van der Waals surface area contributed by atoms with E-state index in [0.29, 0.717) is 47.0 Å². The maximum absolute atomic E-state index is 9.65. The molecule has 0 radical (unpaired) electrons. The van der Waals surface area contributed by atoms with Gasteiger partial charge in [0.1, 0.15) is 0 Å². The first-order valence-electron chi connectivity index (χ1n) is 27.4. The summed E-state index contributed by atoms with van der Waals surface area (Å²) in [6.07, 6.45) is 12.7. The number of benzene rings is 8. The van der Waals surface area contributed by atoms with Gasteiger partial charge in [-0.2, -0.15) is 0 Å². The Morgan fingerprint density at radius 3 is 0.435 bits per heavy atom. The van der Waals surface area contributed by atoms with Gasteiger partial charge in [-0.05, 0) is 97.1 Å². The van der Waals surface area contributed by atoms with Crippen LogP contribution in [0.5, 0.6) is 47.0 Å². The second kappa shape index (κ2) is 28.4. The van der Waals surface area contributed by atoms with Gasteiger partial charge >= 0.3 is 4.45 Å². The molecule has 0 saturated carbocycles. The lowest BCUT2D eigenvalue weighted by Gasteiger charge is -2.05. The van der Waals surface area contributed by atoms with Crippen molar-refractivity contribution in [2.45, 2.75) is 0 Å². The fourth-order valence-electron chi connectivity index (χ4n) is 8.41. The Bertz CT molecular complexity index is 4550. The van der Waals surface area contributed by atoms with E-state index in [2.05, 4.69) is 79.7 Å². The summed E-state index contributed by atoms with van der Waals surface area (Å²) < 4.78 is 58.6. The van der Waals surface area contributed by atoms with Crippen molar-refractivity contribution in [1.82, 2.24) is 79.7 Å². The summed E-state index contributed by atoms with van der Waals surface area (Å²) in [5.74, 6) is 3.21. The molecule has 27 heteroatoms. The number of fused-ring (bicyclic) bond motifs is 8. The predicted molar refractivity (Wildman–Crippen MR) is 343 cm³/mol. The van der Waals surface area contributed by atoms with Crippen LogP contribution < -0.4 is 18.9 Å². The summed E-state index contributed by atoms with van der Waals surface area (Å²) in [6, 6.07) is 61.0. The molecule has 0 saturated heterocycles. The highest BCUT2D eigenvalue weighted by atomic mass is 32.2. The molecule has 0 amide bonds. The van der Waals surface area contributed by atoms with E-state index in [1.165, 1.54) is 0 Å². The summed E-state index contributed by atoms with van der Waals surface area (Å²) in [4.78, 5) is 79.3. The second-order valence-corrected chi connectivity index (χ2v) is 21.0. The number of rotatable bonds is 8. The number of thiol groups is 2. The maximum Gasteiger partial charge on any atom is 0.354 e. The van der Waals surface area contributed by atoms with Gasteiger partial charge in [-0.1, -0.05) is 97.1 Å². The van der Waals surface area contributed by atoms with E-state index in [1.807, 2.05) is 194 Å². The lowest BCUT2D eigenvalue weighted by molar-refractivity contribution is 0.274. The number of aromatic nitrogens is 16. The summed E-state index contributed by atoms with van der Waals surface area (Å²) in [5.41, 5.74) is 12.9. The molecule has 0 aliphatic heterocycles. The number of para-hydroxylation sites is 16. The van der Waals surface area contributed by atoms with Gasteiger partial charge in [0.2, 0.25) is 68.4 Å². The van der Waals surface area contributed by atoms with E-state index in [1.54, 1.807) is 49.6 Å². The average molecular weight is 1260 g/mol. The first-order chi connectivity index (χ1) is 45.1. The van der Waals surface area contributed by atoms with E-state index in [9.17, 15) is 21.6 Å². The van der Waals surface area contributed by atoms with Crippen LogP contribution in [0.2, 0.25) is 0 Å². The van der Waals surface area contributed by atoms with Gasteiger partial charge in [0.25, 0.3) is 0 Å². The van der Waals surface area contributed by atoms with Crippen molar-refractivity contribution in [2.75, 3.05) is 0 Å². The highest BCUT2D eigenvalue weighted by molar-refractivity contribution is 8.15. The zero-order chi connectivity index (χ0) is 63.0. The molecule has 0 aliphatic rings. The van der Waals surface area contributed by atoms with E-state index < -0.39 is 25.9 Å². The number of hydrogen-bond donors (Lipinski definition) is 2. The highest BCUT2D eigenvalue weighted by Crippen LogP contribution is 2.25. The van der Waals surface area contributed by atoms with Crippen LogP contribution in [0.25, 0.3) is 88.3 Å². The molecular weight excluding hydrogens is 1210 g/mol. The maximum atomic E-state index is 9.65. The molecule has 92 heavy (non-hydrogen) atoms. The van der Waals surface area contributed by atoms with Gasteiger partial charge in [-0.3, -0.25) is 4.79 Å². The third kappa shape index (κ3) is 15.3. The minimum absolute atomic E-state index is 0.401. The van der Waals surface area contributed by atoms with Gasteiger partial charge in [0.15, 0.2) is 0 Å². The molecule has 16 rings (SSSR count). The van der Waals surface area contributed by atoms with Crippen molar-refractivity contribution in [1.29, 1.82) is 0 Å². The predicted octanol–water partition coefficient (Wildman–Crippen LogP) is 11.8. The highest BCUT2D eigenvalue weighted by Gasteiger charge is 2.10. The molecule has 8 aromatic carbocycles. The van der Waals surface area contributed by atoms with Crippen molar-refractivity contribution < 1.29 is 40.6 Å². The van der Waals surface area contributed by atoms with Gasteiger partial charge in [0.05, 0.1) is 138 Å². The van der Waals surface area contributed by atoms with Crippen molar-refractivity contribution in [2.24, 2.45) is 0 Å². The Hall–Kier alpha value is -12.8. The lowest BCUT2D eigenvalue weighted by atomic mass is 10.3. The molecule has 8 aromatic heterocycles. The SMILES string of the molecule is O=C([SH](=O)=O)[SH](=O)=O.c1ccc2nc(Oc3cnc4ccccc4n3)cnc2c1.c1ccc2nc(Oc3cnc4ccccc4n3)cnc2c1.c1ccc2nc(Oc3cnc4ccccc4n3)cnc2c1.c1ccc2nc(Oc3cnc4ccccc4n3)cnc2c1. The van der Waals surface area contributed by atoms with Crippen LogP contribution in [0.4, 0.5) is 4.79 Å². The van der Waals surface area contributed by atoms with Crippen molar-refractivity contribution in [3.8, 4) is 47.0 Å². The fourth-order valence-corrected chi connectivity index (χ4v) is 8.94. The Kier molecular flexibility index (Phi) is 18.4. The Morgan fingerprint density at radius 2 is 0.326 bits per heavy atom. The molecular formula is C65H42N16O9S2. The topological polar surface area (TPSA) is 329 Å². The molecule has 25 nitrogen and oxygen atoms in total. The number of carbonyl (C=O) groups is 1. The first-order valence-corrected chi connectivity index (χ1v) is 29.7. The normalized spacial score (nSPS) is 10.8. The van der Waals surface area contributed by atoms with E-state index >= 15 is 0 Å². The monoisotopic (exact) mass is 1250 g/mol. The van der Waals surface area contributed by atoms with Crippen LogP contribution in [-0.4, -0.2) is 101 Å². The smallest absolute Gasteiger partial charge is 0.354 e. The van der Waals surface area contributed by atoms with E-state index in [4.69, 9.17) is 18.9 Å². The van der Waals surface area contributed by atoms with Crippen molar-refractivity contribution >= 4 is 114 Å². The molecule has 0 bridgehead atoms. The Balaban J connectivity index is 0.000000114. The molecule has 448 valence electrons. The lowest BCUT2D eigenvalue weighted by Crippen LogP contribution is -1.96. The third-order valence-corrected chi connectivity index (χ3v) is 14.2. The molecule has 0 N–H and O–H groups in total. The summed E-state index contributed by atoms with van der Waals surface area (Å²) >= 11 is 0. The summed E-state index contributed by atoms with van der Waals surface area (Å²) in [5, 5.41) is 0. The molecule has 0 atom stereocenters. The fraction of sp³-hybridized carbons (Fsp3) is 0. The number of ether oxygens (including phenoxy) is 4. The molecule has 0 aliphatic carbocycles. The van der Waals surface area contributed by atoms with E-state index in [-0.39, 0.29) is 0 Å². The molecule has 0 unspecified atom stereocenters. The largest absolute Gasteiger partial charge is 0.417 e. The number of nitrogens with zero attached hydrogens (tertiary/aromatic N) is 16. The summed E-state index contributed by atoms with van der Waals surface area (Å²) in [6.45, 7) is 0. The van der Waals surface area contributed by atoms with Crippen molar-refractivity contribution in [3.63, 3.8) is 0 Å². The minimum atomic E-state index is -3.44. The third-order valence-electron chi connectivity index (χ3n) is 12.6. The van der Waals surface area contributed by atoms with Crippen molar-refractivity contribution in [3.05, 3.63) is 244 Å². The van der Waals surface area contributed by atoms with Crippen LogP contribution in [-0.2, 0) is 21.4 Å². The van der Waals surface area contributed by atoms with Crippen LogP contribution in [0.1, 0.15) is 0 Å². The zero-order valence-corrected chi connectivity index (χ0v) is 49.1. The zero-order valence-electron chi connectivity index (χ0n) is 47.3. The van der Waals surface area contributed by atoms with Crippen LogP contribution >= 0.6 is 0 Å². The van der Waals surface area contributed by atoms with Gasteiger partial charge in [-0.25, -0.2) is 96.6 Å². The average Bonchev–Trinajstić information content (AvgIpc) is 1.59. The Labute approximate surface area is 522 Å². The standard InChI is InChI=1S/4C16H10N4O.CH2O5S2/c4*1-3-7-13-11(5-1)17-9-15(19-13)21-16-10-18-12-6-2-4-8-14(12)20-16;2-1(7(3)4)8(5)6/h4*1-10H;7-8H. The molecule has 0 fully saturated rings. The Morgan fingerprint density at radius 1 is 0.207 bits per heavy atom. The van der Waals surface area contributed by atoms with Crippen LogP contribution in [0, 0.1) is 0 Å². The second-order valence-electron chi connectivity index (χ2n) is 18.8. The summed E-state index contributed by atoms with van der Waals surface area (Å²) in [7, 11) is -6.87. The number of carbonyl (C=O) groups excluding carboxylic acids is 1. The van der Waals surface area contributed by atoms with E-state index in [0.717, 1.165) is 88.3 Å². The molecule has 0 spiro atoms.